The van der Waals surface area contributed by atoms with Gasteiger partial charge in [0.25, 0.3) is 0 Å². The Morgan fingerprint density at radius 1 is 0.917 bits per heavy atom. The van der Waals surface area contributed by atoms with E-state index in [1.807, 2.05) is 29.0 Å². The molecule has 1 heterocycles. The summed E-state index contributed by atoms with van der Waals surface area (Å²) < 4.78 is 0. The minimum Gasteiger partial charge on any atom is -0.508 e. The third-order valence-electron chi connectivity index (χ3n) is 4.33. The standard InChI is InChI=1S/C20H13NO2S/c21-9-14-10-24-11-19(14)20-17(12-1-4-15(22)5-2-12)7-13-3-6-16(23)8-18(13)20/h1-8,10-11,20,22-23H. The fraction of sp³-hybridized carbons (Fsp3) is 0.0500. The van der Waals surface area contributed by atoms with Crippen LogP contribution in [0.3, 0.4) is 0 Å². The monoisotopic (exact) mass is 331 g/mol. The lowest BCUT2D eigenvalue weighted by molar-refractivity contribution is 0.474. The van der Waals surface area contributed by atoms with Crippen molar-refractivity contribution in [1.29, 1.82) is 5.26 Å². The zero-order chi connectivity index (χ0) is 16.7. The van der Waals surface area contributed by atoms with E-state index in [9.17, 15) is 15.5 Å². The molecule has 24 heavy (non-hydrogen) atoms. The Morgan fingerprint density at radius 2 is 1.67 bits per heavy atom. The first-order valence-corrected chi connectivity index (χ1v) is 8.42. The molecule has 0 amide bonds. The molecule has 0 saturated heterocycles. The van der Waals surface area contributed by atoms with E-state index in [0.29, 0.717) is 5.56 Å². The smallest absolute Gasteiger partial charge is 0.115 e. The number of nitrogens with zero attached hydrogens (tertiary/aromatic N) is 1. The molecule has 3 nitrogen and oxygen atoms in total. The Kier molecular flexibility index (Phi) is 3.37. The normalized spacial score (nSPS) is 15.6. The van der Waals surface area contributed by atoms with Crippen LogP contribution in [0.25, 0.3) is 11.6 Å². The summed E-state index contributed by atoms with van der Waals surface area (Å²) in [6.45, 7) is 0. The predicted octanol–water partition coefficient (Wildman–Crippen LogP) is 4.72. The van der Waals surface area contributed by atoms with Crippen molar-refractivity contribution in [2.45, 2.75) is 5.92 Å². The number of hydrogen-bond donors (Lipinski definition) is 2. The number of aromatic hydroxyl groups is 2. The largest absolute Gasteiger partial charge is 0.508 e. The van der Waals surface area contributed by atoms with Gasteiger partial charge < -0.3 is 10.2 Å². The van der Waals surface area contributed by atoms with Crippen molar-refractivity contribution in [1.82, 2.24) is 0 Å². The highest BCUT2D eigenvalue weighted by molar-refractivity contribution is 7.08. The maximum Gasteiger partial charge on any atom is 0.115 e. The van der Waals surface area contributed by atoms with Gasteiger partial charge in [-0.3, -0.25) is 0 Å². The molecule has 4 rings (SSSR count). The lowest BCUT2D eigenvalue weighted by Gasteiger charge is -2.17. The van der Waals surface area contributed by atoms with Gasteiger partial charge in [0, 0.05) is 11.3 Å². The van der Waals surface area contributed by atoms with Gasteiger partial charge in [-0.1, -0.05) is 18.2 Å². The van der Waals surface area contributed by atoms with E-state index in [4.69, 9.17) is 0 Å². The SMILES string of the molecule is N#Cc1cscc1C1C(c2ccc(O)cc2)=Cc2ccc(O)cc21. The number of phenolic OH excluding ortho intramolecular Hbond substituents is 2. The van der Waals surface area contributed by atoms with Crippen molar-refractivity contribution in [3.05, 3.63) is 81.0 Å². The molecule has 0 spiro atoms. The lowest BCUT2D eigenvalue weighted by atomic mass is 9.85. The summed E-state index contributed by atoms with van der Waals surface area (Å²) in [6, 6.07) is 14.7. The molecule has 0 aliphatic heterocycles. The van der Waals surface area contributed by atoms with Crippen LogP contribution in [0.5, 0.6) is 11.5 Å². The first-order chi connectivity index (χ1) is 11.7. The van der Waals surface area contributed by atoms with Gasteiger partial charge in [-0.2, -0.15) is 16.6 Å². The molecule has 116 valence electrons. The van der Waals surface area contributed by atoms with Crippen molar-refractivity contribution in [2.75, 3.05) is 0 Å². The topological polar surface area (TPSA) is 64.2 Å². The first kappa shape index (κ1) is 14.6. The maximum absolute atomic E-state index is 9.91. The van der Waals surface area contributed by atoms with Crippen LogP contribution in [0.1, 0.15) is 33.7 Å². The molecule has 3 aromatic rings. The van der Waals surface area contributed by atoms with Crippen LogP contribution in [-0.2, 0) is 0 Å². The van der Waals surface area contributed by atoms with Crippen molar-refractivity contribution >= 4 is 23.0 Å². The summed E-state index contributed by atoms with van der Waals surface area (Å²) in [5, 5.41) is 32.7. The average Bonchev–Trinajstić information content (AvgIpc) is 3.18. The molecule has 2 aromatic carbocycles. The van der Waals surface area contributed by atoms with Crippen LogP contribution in [-0.4, -0.2) is 10.2 Å². The van der Waals surface area contributed by atoms with Crippen LogP contribution in [0.2, 0.25) is 0 Å². The molecule has 2 N–H and O–H groups in total. The number of rotatable bonds is 2. The minimum absolute atomic E-state index is 0.0995. The highest BCUT2D eigenvalue weighted by atomic mass is 32.1. The molecule has 1 aliphatic carbocycles. The summed E-state index contributed by atoms with van der Waals surface area (Å²) in [7, 11) is 0. The molecule has 0 fully saturated rings. The second kappa shape index (κ2) is 5.55. The van der Waals surface area contributed by atoms with Crippen LogP contribution in [0.4, 0.5) is 0 Å². The van der Waals surface area contributed by atoms with E-state index in [2.05, 4.69) is 12.1 Å². The molecular weight excluding hydrogens is 318 g/mol. The zero-order valence-electron chi connectivity index (χ0n) is 12.6. The molecular formula is C20H13NO2S. The van der Waals surface area contributed by atoms with Gasteiger partial charge in [0.2, 0.25) is 0 Å². The summed E-state index contributed by atoms with van der Waals surface area (Å²) in [5.74, 6) is 0.336. The number of fused-ring (bicyclic) bond motifs is 1. The third kappa shape index (κ3) is 2.27. The van der Waals surface area contributed by atoms with E-state index in [1.54, 1.807) is 24.3 Å². The predicted molar refractivity (Wildman–Crippen MR) is 95.0 cm³/mol. The van der Waals surface area contributed by atoms with E-state index < -0.39 is 0 Å². The maximum atomic E-state index is 9.91. The Labute approximate surface area is 143 Å². The quantitative estimate of drug-likeness (QED) is 0.714. The number of allylic oxidation sites excluding steroid dienone is 1. The molecule has 0 bridgehead atoms. The minimum atomic E-state index is -0.0995. The summed E-state index contributed by atoms with van der Waals surface area (Å²) in [5.41, 5.74) is 5.69. The summed E-state index contributed by atoms with van der Waals surface area (Å²) >= 11 is 1.50. The molecule has 4 heteroatoms. The van der Waals surface area contributed by atoms with E-state index in [1.165, 1.54) is 11.3 Å². The van der Waals surface area contributed by atoms with Gasteiger partial charge in [-0.15, -0.1) is 0 Å². The van der Waals surface area contributed by atoms with Crippen LogP contribution in [0, 0.1) is 11.3 Å². The van der Waals surface area contributed by atoms with Gasteiger partial charge in [0.05, 0.1) is 5.56 Å². The van der Waals surface area contributed by atoms with E-state index in [-0.39, 0.29) is 17.4 Å². The van der Waals surface area contributed by atoms with Gasteiger partial charge in [-0.05, 0) is 63.5 Å². The van der Waals surface area contributed by atoms with Gasteiger partial charge >= 0.3 is 0 Å². The van der Waals surface area contributed by atoms with Crippen LogP contribution >= 0.6 is 11.3 Å². The fourth-order valence-corrected chi connectivity index (χ4v) is 4.02. The highest BCUT2D eigenvalue weighted by Gasteiger charge is 2.30. The zero-order valence-corrected chi connectivity index (χ0v) is 13.4. The average molecular weight is 331 g/mol. The van der Waals surface area contributed by atoms with Crippen molar-refractivity contribution in [3.63, 3.8) is 0 Å². The Hall–Kier alpha value is -3.03. The van der Waals surface area contributed by atoms with Crippen LogP contribution in [0.15, 0.2) is 53.2 Å². The number of phenols is 2. The molecule has 1 atom stereocenters. The van der Waals surface area contributed by atoms with Crippen LogP contribution < -0.4 is 0 Å². The Bertz CT molecular complexity index is 993. The number of benzene rings is 2. The third-order valence-corrected chi connectivity index (χ3v) is 5.09. The molecule has 0 saturated carbocycles. The molecule has 1 aliphatic rings. The second-order valence-electron chi connectivity index (χ2n) is 5.75. The number of hydrogen-bond acceptors (Lipinski definition) is 4. The van der Waals surface area contributed by atoms with Gasteiger partial charge in [-0.25, -0.2) is 0 Å². The number of thiophene rings is 1. The summed E-state index contributed by atoms with van der Waals surface area (Å²) in [6.07, 6.45) is 2.09. The summed E-state index contributed by atoms with van der Waals surface area (Å²) in [4.78, 5) is 0. The Morgan fingerprint density at radius 3 is 2.42 bits per heavy atom. The Balaban J connectivity index is 1.92. The molecule has 1 unspecified atom stereocenters. The number of nitriles is 1. The second-order valence-corrected chi connectivity index (χ2v) is 6.49. The first-order valence-electron chi connectivity index (χ1n) is 7.47. The molecule has 0 radical (unpaired) electrons. The van der Waals surface area contributed by atoms with Crippen molar-refractivity contribution in [3.8, 4) is 17.6 Å². The fourth-order valence-electron chi connectivity index (χ4n) is 3.22. The van der Waals surface area contributed by atoms with Gasteiger partial charge in [0.15, 0.2) is 0 Å². The molecule has 1 aromatic heterocycles. The van der Waals surface area contributed by atoms with Crippen molar-refractivity contribution in [2.24, 2.45) is 0 Å². The van der Waals surface area contributed by atoms with Gasteiger partial charge in [0.1, 0.15) is 17.6 Å². The highest BCUT2D eigenvalue weighted by Crippen LogP contribution is 2.48. The lowest BCUT2D eigenvalue weighted by Crippen LogP contribution is -2.01. The van der Waals surface area contributed by atoms with E-state index >= 15 is 0 Å². The van der Waals surface area contributed by atoms with Crippen molar-refractivity contribution < 1.29 is 10.2 Å². The van der Waals surface area contributed by atoms with E-state index in [0.717, 1.165) is 27.8 Å².